The van der Waals surface area contributed by atoms with E-state index in [2.05, 4.69) is 29.8 Å². The van der Waals surface area contributed by atoms with Gasteiger partial charge in [0.25, 0.3) is 0 Å². The van der Waals surface area contributed by atoms with Crippen molar-refractivity contribution >= 4 is 11.6 Å². The maximum Gasteiger partial charge on any atom is 0.211 e. The summed E-state index contributed by atoms with van der Waals surface area (Å²) in [6, 6.07) is 7.81. The Bertz CT molecular complexity index is 645. The molecule has 1 aliphatic heterocycles. The van der Waals surface area contributed by atoms with Crippen LogP contribution in [0.2, 0.25) is 5.02 Å². The van der Waals surface area contributed by atoms with Crippen LogP contribution in [-0.2, 0) is 0 Å². The fourth-order valence-electron chi connectivity index (χ4n) is 2.52. The molecule has 3 rings (SSSR count). The van der Waals surface area contributed by atoms with Crippen molar-refractivity contribution < 1.29 is 4.42 Å². The fraction of sp³-hybridized carbons (Fsp3) is 0.353. The van der Waals surface area contributed by atoms with Crippen molar-refractivity contribution in [1.82, 2.24) is 9.88 Å². The Morgan fingerprint density at radius 3 is 2.71 bits per heavy atom. The minimum absolute atomic E-state index is 0.190. The zero-order valence-corrected chi connectivity index (χ0v) is 13.1. The van der Waals surface area contributed by atoms with Gasteiger partial charge in [-0.15, -0.1) is 0 Å². The Balaban J connectivity index is 1.77. The lowest BCUT2D eigenvalue weighted by Gasteiger charge is -2.29. The molecule has 0 bridgehead atoms. The molecule has 2 heterocycles. The van der Waals surface area contributed by atoms with Crippen molar-refractivity contribution in [2.75, 3.05) is 13.1 Å². The summed E-state index contributed by atoms with van der Waals surface area (Å²) in [7, 11) is 0. The van der Waals surface area contributed by atoms with Gasteiger partial charge in [0.05, 0.1) is 12.2 Å². The van der Waals surface area contributed by atoms with E-state index in [9.17, 15) is 0 Å². The summed E-state index contributed by atoms with van der Waals surface area (Å²) in [5.74, 6) is 1.56. The first-order valence-electron chi connectivity index (χ1n) is 7.25. The molecule has 0 N–H and O–H groups in total. The number of benzene rings is 1. The fourth-order valence-corrected chi connectivity index (χ4v) is 2.65. The van der Waals surface area contributed by atoms with E-state index in [0.29, 0.717) is 0 Å². The highest BCUT2D eigenvalue weighted by Crippen LogP contribution is 2.28. The van der Waals surface area contributed by atoms with E-state index in [4.69, 9.17) is 16.0 Å². The maximum atomic E-state index is 5.93. The second kappa shape index (κ2) is 6.04. The Labute approximate surface area is 130 Å². The Hall–Kier alpha value is -1.58. The molecule has 0 aliphatic carbocycles. The van der Waals surface area contributed by atoms with Crippen molar-refractivity contribution in [3.8, 4) is 11.3 Å². The molecule has 1 aromatic carbocycles. The number of hydrogen-bond donors (Lipinski definition) is 0. The van der Waals surface area contributed by atoms with E-state index in [1.807, 2.05) is 24.3 Å². The lowest BCUT2D eigenvalue weighted by atomic mass is 10.1. The third kappa shape index (κ3) is 3.20. The van der Waals surface area contributed by atoms with Gasteiger partial charge in [-0.25, -0.2) is 4.98 Å². The zero-order chi connectivity index (χ0) is 14.8. The van der Waals surface area contributed by atoms with Gasteiger partial charge >= 0.3 is 0 Å². The first-order valence-corrected chi connectivity index (χ1v) is 7.62. The molecule has 1 unspecified atom stereocenters. The number of nitrogens with zero attached hydrogens (tertiary/aromatic N) is 2. The van der Waals surface area contributed by atoms with Crippen molar-refractivity contribution in [3.63, 3.8) is 0 Å². The predicted octanol–water partition coefficient (Wildman–Crippen LogP) is 4.71. The summed E-state index contributed by atoms with van der Waals surface area (Å²) >= 11 is 5.91. The number of oxazole rings is 1. The molecule has 0 fully saturated rings. The second-order valence-corrected chi connectivity index (χ2v) is 5.98. The molecule has 1 aromatic heterocycles. The van der Waals surface area contributed by atoms with Crippen LogP contribution >= 0.6 is 11.6 Å². The van der Waals surface area contributed by atoms with Gasteiger partial charge in [-0.1, -0.05) is 23.3 Å². The Morgan fingerprint density at radius 1 is 1.29 bits per heavy atom. The average molecular weight is 303 g/mol. The van der Waals surface area contributed by atoms with Gasteiger partial charge in [0, 0.05) is 23.7 Å². The first-order chi connectivity index (χ1) is 10.1. The van der Waals surface area contributed by atoms with Gasteiger partial charge in [0.15, 0.2) is 5.76 Å². The second-order valence-electron chi connectivity index (χ2n) is 5.54. The summed E-state index contributed by atoms with van der Waals surface area (Å²) in [6.45, 7) is 6.35. The maximum absolute atomic E-state index is 5.93. The highest BCUT2D eigenvalue weighted by atomic mass is 35.5. The van der Waals surface area contributed by atoms with E-state index >= 15 is 0 Å². The Kier molecular flexibility index (Phi) is 4.13. The molecule has 0 radical (unpaired) electrons. The predicted molar refractivity (Wildman–Crippen MR) is 85.3 cm³/mol. The molecule has 0 saturated heterocycles. The molecule has 0 spiro atoms. The summed E-state index contributed by atoms with van der Waals surface area (Å²) in [6.07, 6.45) is 5.19. The third-order valence-corrected chi connectivity index (χ3v) is 4.28. The normalized spacial score (nSPS) is 17.6. The minimum Gasteiger partial charge on any atom is -0.439 e. The number of rotatable bonds is 3. The molecule has 4 heteroatoms. The first kappa shape index (κ1) is 14.4. The van der Waals surface area contributed by atoms with Crippen LogP contribution in [0.1, 0.15) is 32.2 Å². The van der Waals surface area contributed by atoms with Gasteiger partial charge in [-0.3, -0.25) is 4.90 Å². The smallest absolute Gasteiger partial charge is 0.211 e. The molecule has 2 aromatic rings. The third-order valence-electron chi connectivity index (χ3n) is 4.03. The highest BCUT2D eigenvalue weighted by Gasteiger charge is 2.21. The topological polar surface area (TPSA) is 29.3 Å². The molecular formula is C17H19ClN2O. The number of aromatic nitrogens is 1. The van der Waals surface area contributed by atoms with Gasteiger partial charge < -0.3 is 4.42 Å². The summed E-state index contributed by atoms with van der Waals surface area (Å²) in [5, 5.41) is 0.724. The number of hydrogen-bond acceptors (Lipinski definition) is 3. The molecule has 0 amide bonds. The van der Waals surface area contributed by atoms with E-state index < -0.39 is 0 Å². The van der Waals surface area contributed by atoms with Crippen molar-refractivity contribution in [1.29, 1.82) is 0 Å². The van der Waals surface area contributed by atoms with Gasteiger partial charge in [0.2, 0.25) is 5.89 Å². The number of halogens is 1. The van der Waals surface area contributed by atoms with Crippen LogP contribution in [0.3, 0.4) is 0 Å². The lowest BCUT2D eigenvalue weighted by molar-refractivity contribution is 0.197. The largest absolute Gasteiger partial charge is 0.439 e. The summed E-state index contributed by atoms with van der Waals surface area (Å²) < 4.78 is 5.93. The molecule has 21 heavy (non-hydrogen) atoms. The van der Waals surface area contributed by atoms with E-state index in [1.165, 1.54) is 5.57 Å². The van der Waals surface area contributed by atoms with E-state index in [1.54, 1.807) is 6.20 Å². The van der Waals surface area contributed by atoms with Crippen LogP contribution in [0.4, 0.5) is 0 Å². The van der Waals surface area contributed by atoms with Crippen LogP contribution in [0.5, 0.6) is 0 Å². The van der Waals surface area contributed by atoms with Crippen molar-refractivity contribution in [2.24, 2.45) is 0 Å². The molecule has 0 saturated carbocycles. The van der Waals surface area contributed by atoms with E-state index in [-0.39, 0.29) is 6.04 Å². The minimum atomic E-state index is 0.190. The average Bonchev–Trinajstić information content (AvgIpc) is 2.98. The zero-order valence-electron chi connectivity index (χ0n) is 12.3. The van der Waals surface area contributed by atoms with Gasteiger partial charge in [-0.05, 0) is 44.5 Å². The SMILES string of the molecule is CC1=CCN(C(C)c2ncc(-c3ccc(Cl)cc3)o2)CC1. The van der Waals surface area contributed by atoms with Crippen LogP contribution < -0.4 is 0 Å². The molecule has 110 valence electrons. The summed E-state index contributed by atoms with van der Waals surface area (Å²) in [4.78, 5) is 6.83. The van der Waals surface area contributed by atoms with Crippen LogP contribution in [-0.4, -0.2) is 23.0 Å². The summed E-state index contributed by atoms with van der Waals surface area (Å²) in [5.41, 5.74) is 2.47. The quantitative estimate of drug-likeness (QED) is 0.769. The van der Waals surface area contributed by atoms with Crippen LogP contribution in [0, 0.1) is 0 Å². The van der Waals surface area contributed by atoms with E-state index in [0.717, 1.165) is 41.7 Å². The van der Waals surface area contributed by atoms with Crippen molar-refractivity contribution in [3.05, 3.63) is 53.0 Å². The lowest BCUT2D eigenvalue weighted by Crippen LogP contribution is -2.31. The van der Waals surface area contributed by atoms with Gasteiger partial charge in [0.1, 0.15) is 0 Å². The van der Waals surface area contributed by atoms with Crippen LogP contribution in [0.25, 0.3) is 11.3 Å². The van der Waals surface area contributed by atoms with Crippen molar-refractivity contribution in [2.45, 2.75) is 26.3 Å². The molecule has 1 aliphatic rings. The Morgan fingerprint density at radius 2 is 2.05 bits per heavy atom. The molecular weight excluding hydrogens is 284 g/mol. The standard InChI is InChI=1S/C17H19ClN2O/c1-12-7-9-20(10-8-12)13(2)17-19-11-16(21-17)14-3-5-15(18)6-4-14/h3-7,11,13H,8-10H2,1-2H3. The highest BCUT2D eigenvalue weighted by molar-refractivity contribution is 6.30. The monoisotopic (exact) mass is 302 g/mol. The van der Waals surface area contributed by atoms with Crippen LogP contribution in [0.15, 0.2) is 46.5 Å². The van der Waals surface area contributed by atoms with Gasteiger partial charge in [-0.2, -0.15) is 0 Å². The molecule has 1 atom stereocenters. The molecule has 3 nitrogen and oxygen atoms in total.